The Balaban J connectivity index is 1.83. The number of para-hydroxylation sites is 1. The van der Waals surface area contributed by atoms with Crippen molar-refractivity contribution in [1.29, 1.82) is 0 Å². The molecule has 0 aromatic heterocycles. The van der Waals surface area contributed by atoms with Gasteiger partial charge in [-0.05, 0) is 41.5 Å². The first-order valence-electron chi connectivity index (χ1n) is 10.2. The Morgan fingerprint density at radius 3 is 2.55 bits per heavy atom. The van der Waals surface area contributed by atoms with E-state index in [0.717, 1.165) is 17.5 Å². The summed E-state index contributed by atoms with van der Waals surface area (Å²) in [7, 11) is 1.56. The Bertz CT molecular complexity index is 1200. The monoisotopic (exact) mass is 483 g/mol. The smallest absolute Gasteiger partial charge is 0.257 e. The zero-order valence-electron chi connectivity index (χ0n) is 18.2. The number of rotatable bonds is 7. The van der Waals surface area contributed by atoms with E-state index in [1.165, 1.54) is 12.1 Å². The lowest BCUT2D eigenvalue weighted by atomic mass is 10.0. The first-order valence-corrected chi connectivity index (χ1v) is 11.0. The molecule has 5 nitrogen and oxygen atoms in total. The number of carbonyl (C=O) groups excluding carboxylic acids is 1. The van der Waals surface area contributed by atoms with E-state index in [4.69, 9.17) is 32.7 Å². The zero-order chi connectivity index (χ0) is 23.8. The van der Waals surface area contributed by atoms with E-state index in [0.29, 0.717) is 27.8 Å². The molecule has 3 aromatic rings. The number of amides is 1. The molecule has 0 spiro atoms. The molecule has 0 fully saturated rings. The summed E-state index contributed by atoms with van der Waals surface area (Å²) < 4.78 is 11.2. The molecule has 0 heterocycles. The number of nitrogens with one attached hydrogen (secondary N) is 1. The fourth-order valence-electron chi connectivity index (χ4n) is 3.12. The maximum atomic E-state index is 12.7. The summed E-state index contributed by atoms with van der Waals surface area (Å²) in [5.74, 6) is 6.40. The Labute approximate surface area is 203 Å². The van der Waals surface area contributed by atoms with Gasteiger partial charge in [0.2, 0.25) is 0 Å². The predicted molar refractivity (Wildman–Crippen MR) is 132 cm³/mol. The number of hydrogen-bond donors (Lipinski definition) is 2. The molecule has 0 aliphatic rings. The molecule has 2 N–H and O–H groups in total. The van der Waals surface area contributed by atoms with Gasteiger partial charge in [-0.15, -0.1) is 5.92 Å². The van der Waals surface area contributed by atoms with Gasteiger partial charge in [-0.25, -0.2) is 0 Å². The maximum Gasteiger partial charge on any atom is 0.257 e. The van der Waals surface area contributed by atoms with Crippen molar-refractivity contribution in [2.24, 2.45) is 0 Å². The van der Waals surface area contributed by atoms with Gasteiger partial charge in [0.25, 0.3) is 5.91 Å². The SMILES string of the molecule is CCC#CCOc1ccc(-c2ccccc2NC(=O)C(O)c2ccc(Cl)c(Cl)c2)cc1OC. The van der Waals surface area contributed by atoms with Gasteiger partial charge in [0.05, 0.1) is 17.2 Å². The van der Waals surface area contributed by atoms with Crippen molar-refractivity contribution in [2.45, 2.75) is 19.4 Å². The summed E-state index contributed by atoms with van der Waals surface area (Å²) in [5.41, 5.74) is 2.43. The van der Waals surface area contributed by atoms with Crippen LogP contribution >= 0.6 is 23.2 Å². The summed E-state index contributed by atoms with van der Waals surface area (Å²) >= 11 is 11.9. The molecule has 170 valence electrons. The van der Waals surface area contributed by atoms with Gasteiger partial charge in [0, 0.05) is 17.7 Å². The molecule has 0 bridgehead atoms. The van der Waals surface area contributed by atoms with Gasteiger partial charge in [-0.2, -0.15) is 0 Å². The first-order chi connectivity index (χ1) is 15.9. The molecule has 0 aliphatic heterocycles. The van der Waals surface area contributed by atoms with Crippen molar-refractivity contribution < 1.29 is 19.4 Å². The number of ether oxygens (including phenoxy) is 2. The van der Waals surface area contributed by atoms with Crippen LogP contribution in [-0.4, -0.2) is 24.7 Å². The number of halogens is 2. The lowest BCUT2D eigenvalue weighted by molar-refractivity contribution is -0.124. The topological polar surface area (TPSA) is 67.8 Å². The van der Waals surface area contributed by atoms with E-state index in [1.54, 1.807) is 31.4 Å². The van der Waals surface area contributed by atoms with Gasteiger partial charge in [-0.3, -0.25) is 4.79 Å². The Kier molecular flexibility index (Phi) is 8.62. The minimum atomic E-state index is -1.41. The summed E-state index contributed by atoms with van der Waals surface area (Å²) in [6.07, 6.45) is -0.649. The highest BCUT2D eigenvalue weighted by Gasteiger charge is 2.20. The van der Waals surface area contributed by atoms with Crippen molar-refractivity contribution in [1.82, 2.24) is 0 Å². The van der Waals surface area contributed by atoms with E-state index >= 15 is 0 Å². The van der Waals surface area contributed by atoms with Crippen molar-refractivity contribution in [3.05, 3.63) is 76.3 Å². The van der Waals surface area contributed by atoms with Crippen molar-refractivity contribution in [2.75, 3.05) is 19.0 Å². The molecule has 1 atom stereocenters. The molecular formula is C26H23Cl2NO4. The minimum absolute atomic E-state index is 0.261. The van der Waals surface area contributed by atoms with E-state index in [1.807, 2.05) is 31.2 Å². The number of hydrogen-bond acceptors (Lipinski definition) is 4. The Morgan fingerprint density at radius 2 is 1.82 bits per heavy atom. The molecule has 1 unspecified atom stereocenters. The average Bonchev–Trinajstić information content (AvgIpc) is 2.83. The highest BCUT2D eigenvalue weighted by atomic mass is 35.5. The van der Waals surface area contributed by atoms with Gasteiger partial charge in [0.15, 0.2) is 17.6 Å². The highest BCUT2D eigenvalue weighted by Crippen LogP contribution is 2.36. The second-order valence-electron chi connectivity index (χ2n) is 6.97. The quantitative estimate of drug-likeness (QED) is 0.396. The van der Waals surface area contributed by atoms with Crippen LogP contribution in [0.25, 0.3) is 11.1 Å². The minimum Gasteiger partial charge on any atom is -0.493 e. The van der Waals surface area contributed by atoms with Gasteiger partial charge < -0.3 is 19.9 Å². The number of benzene rings is 3. The standard InChI is InChI=1S/C26H23Cl2NO4/c1-3-4-7-14-33-23-13-11-17(16-24(23)32-2)19-8-5-6-9-22(19)29-26(31)25(30)18-10-12-20(27)21(28)15-18/h5-6,8-13,15-16,25,30H,3,14H2,1-2H3,(H,29,31). The molecule has 3 rings (SSSR count). The third-order valence-corrected chi connectivity index (χ3v) is 5.51. The number of anilines is 1. The van der Waals surface area contributed by atoms with Crippen LogP contribution in [0.4, 0.5) is 5.69 Å². The van der Waals surface area contributed by atoms with E-state index < -0.39 is 12.0 Å². The normalized spacial score (nSPS) is 11.2. The van der Waals surface area contributed by atoms with Crippen LogP contribution in [0.2, 0.25) is 10.0 Å². The van der Waals surface area contributed by atoms with Crippen LogP contribution in [-0.2, 0) is 4.79 Å². The van der Waals surface area contributed by atoms with Crippen LogP contribution in [0.3, 0.4) is 0 Å². The second-order valence-corrected chi connectivity index (χ2v) is 7.79. The van der Waals surface area contributed by atoms with Crippen LogP contribution in [0.1, 0.15) is 25.0 Å². The van der Waals surface area contributed by atoms with E-state index in [9.17, 15) is 9.90 Å². The molecule has 0 aliphatic carbocycles. The van der Waals surface area contributed by atoms with Gasteiger partial charge in [-0.1, -0.05) is 66.4 Å². The van der Waals surface area contributed by atoms with E-state index in [2.05, 4.69) is 17.2 Å². The van der Waals surface area contributed by atoms with Crippen molar-refractivity contribution in [3.8, 4) is 34.5 Å². The summed E-state index contributed by atoms with van der Waals surface area (Å²) in [4.78, 5) is 12.7. The Morgan fingerprint density at radius 1 is 1.03 bits per heavy atom. The summed E-state index contributed by atoms with van der Waals surface area (Å²) in [6.45, 7) is 2.24. The van der Waals surface area contributed by atoms with Gasteiger partial charge >= 0.3 is 0 Å². The van der Waals surface area contributed by atoms with Crippen LogP contribution < -0.4 is 14.8 Å². The zero-order valence-corrected chi connectivity index (χ0v) is 19.7. The molecular weight excluding hydrogens is 461 g/mol. The number of aliphatic hydroxyl groups is 1. The first kappa shape index (κ1) is 24.5. The Hall–Kier alpha value is -3.17. The molecule has 0 saturated heterocycles. The summed E-state index contributed by atoms with van der Waals surface area (Å²) in [6, 6.07) is 17.3. The third-order valence-electron chi connectivity index (χ3n) is 4.77. The molecule has 7 heteroatoms. The van der Waals surface area contributed by atoms with Crippen LogP contribution in [0, 0.1) is 11.8 Å². The molecule has 1 amide bonds. The maximum absolute atomic E-state index is 12.7. The highest BCUT2D eigenvalue weighted by molar-refractivity contribution is 6.42. The summed E-state index contributed by atoms with van der Waals surface area (Å²) in [5, 5.41) is 13.9. The molecule has 0 saturated carbocycles. The number of carbonyl (C=O) groups is 1. The predicted octanol–water partition coefficient (Wildman–Crippen LogP) is 6.13. The molecule has 3 aromatic carbocycles. The van der Waals surface area contributed by atoms with Crippen molar-refractivity contribution in [3.63, 3.8) is 0 Å². The number of methoxy groups -OCH3 is 1. The third kappa shape index (κ3) is 6.21. The molecule has 0 radical (unpaired) electrons. The van der Waals surface area contributed by atoms with Crippen molar-refractivity contribution >= 4 is 34.8 Å². The fraction of sp³-hybridized carbons (Fsp3) is 0.192. The largest absolute Gasteiger partial charge is 0.493 e. The molecule has 33 heavy (non-hydrogen) atoms. The lowest BCUT2D eigenvalue weighted by Crippen LogP contribution is -2.21. The average molecular weight is 484 g/mol. The lowest BCUT2D eigenvalue weighted by Gasteiger charge is -2.16. The second kappa shape index (κ2) is 11.6. The number of aliphatic hydroxyl groups excluding tert-OH is 1. The van der Waals surface area contributed by atoms with E-state index in [-0.39, 0.29) is 11.6 Å². The van der Waals surface area contributed by atoms with Gasteiger partial charge in [0.1, 0.15) is 6.61 Å². The van der Waals surface area contributed by atoms with Crippen LogP contribution in [0.15, 0.2) is 60.7 Å². The van der Waals surface area contributed by atoms with Crippen LogP contribution in [0.5, 0.6) is 11.5 Å². The fourth-order valence-corrected chi connectivity index (χ4v) is 3.43.